The summed E-state index contributed by atoms with van der Waals surface area (Å²) >= 11 is 2.95. The summed E-state index contributed by atoms with van der Waals surface area (Å²) in [5.74, 6) is -2.09. The molecular formula is C13H13BrF2N2O2. The highest BCUT2D eigenvalue weighted by molar-refractivity contribution is 9.10. The van der Waals surface area contributed by atoms with Crippen molar-refractivity contribution in [3.8, 4) is 0 Å². The maximum atomic E-state index is 13.9. The summed E-state index contributed by atoms with van der Waals surface area (Å²) < 4.78 is 27.7. The molecule has 7 heteroatoms. The molecule has 108 valence electrons. The van der Waals surface area contributed by atoms with E-state index in [-0.39, 0.29) is 10.0 Å². The third kappa shape index (κ3) is 2.30. The van der Waals surface area contributed by atoms with E-state index in [2.05, 4.69) is 21.2 Å². The molecule has 1 aromatic carbocycles. The lowest BCUT2D eigenvalue weighted by molar-refractivity contribution is -0.131. The third-order valence-electron chi connectivity index (χ3n) is 3.51. The lowest BCUT2D eigenvalue weighted by Gasteiger charge is -2.19. The first-order chi connectivity index (χ1) is 9.30. The van der Waals surface area contributed by atoms with Crippen LogP contribution >= 0.6 is 15.9 Å². The Kier molecular flexibility index (Phi) is 3.82. The van der Waals surface area contributed by atoms with Crippen LogP contribution in [0.3, 0.4) is 0 Å². The summed E-state index contributed by atoms with van der Waals surface area (Å²) in [6.45, 7) is 2.90. The normalized spacial score (nSPS) is 22.4. The number of rotatable bonds is 3. The molecule has 1 saturated heterocycles. The van der Waals surface area contributed by atoms with E-state index in [9.17, 15) is 18.4 Å². The number of nitrogens with one attached hydrogen (secondary N) is 1. The molecule has 0 radical (unpaired) electrons. The summed E-state index contributed by atoms with van der Waals surface area (Å²) in [6, 6.07) is 1.68. The van der Waals surface area contributed by atoms with Crippen molar-refractivity contribution in [2.24, 2.45) is 0 Å². The summed E-state index contributed by atoms with van der Waals surface area (Å²) in [4.78, 5) is 24.8. The van der Waals surface area contributed by atoms with Crippen molar-refractivity contribution in [3.63, 3.8) is 0 Å². The monoisotopic (exact) mass is 346 g/mol. The topological polar surface area (TPSA) is 49.4 Å². The molecule has 0 saturated carbocycles. The van der Waals surface area contributed by atoms with Gasteiger partial charge in [0.05, 0.1) is 11.0 Å². The second-order valence-electron chi connectivity index (χ2n) is 4.83. The number of urea groups is 1. The molecule has 4 nitrogen and oxygen atoms in total. The summed E-state index contributed by atoms with van der Waals surface area (Å²) in [5, 5.41) is 2.53. The van der Waals surface area contributed by atoms with Crippen LogP contribution in [-0.2, 0) is 11.3 Å². The first-order valence-electron chi connectivity index (χ1n) is 6.06. The first-order valence-corrected chi connectivity index (χ1v) is 6.86. The van der Waals surface area contributed by atoms with E-state index in [4.69, 9.17) is 0 Å². The highest BCUT2D eigenvalue weighted by atomic mass is 79.9. The Morgan fingerprint density at radius 1 is 1.35 bits per heavy atom. The van der Waals surface area contributed by atoms with Crippen LogP contribution < -0.4 is 5.32 Å². The Morgan fingerprint density at radius 2 is 2.00 bits per heavy atom. The van der Waals surface area contributed by atoms with Crippen LogP contribution in [-0.4, -0.2) is 22.4 Å². The molecule has 0 aromatic heterocycles. The number of hydrogen-bond donors (Lipinski definition) is 1. The Balaban J connectivity index is 2.34. The Hall–Kier alpha value is -1.50. The average molecular weight is 347 g/mol. The van der Waals surface area contributed by atoms with Crippen molar-refractivity contribution in [1.29, 1.82) is 0 Å². The molecule has 1 fully saturated rings. The molecular weight excluding hydrogens is 334 g/mol. The van der Waals surface area contributed by atoms with E-state index < -0.39 is 35.7 Å². The number of nitrogens with zero attached hydrogens (tertiary/aromatic N) is 1. The molecule has 2 rings (SSSR count). The molecule has 3 amide bonds. The fraction of sp³-hybridized carbons (Fsp3) is 0.385. The number of carbonyl (C=O) groups is 2. The number of imide groups is 1. The van der Waals surface area contributed by atoms with Crippen LogP contribution in [0.4, 0.5) is 13.6 Å². The molecule has 0 bridgehead atoms. The molecule has 1 aromatic rings. The SMILES string of the molecule is CCC1(C)NC(=O)N(Cc2c(F)ccc(Br)c2F)C1=O. The van der Waals surface area contributed by atoms with Crippen molar-refractivity contribution in [2.75, 3.05) is 0 Å². The van der Waals surface area contributed by atoms with Gasteiger partial charge in [-0.05, 0) is 41.4 Å². The Morgan fingerprint density at radius 3 is 2.55 bits per heavy atom. The van der Waals surface area contributed by atoms with Crippen LogP contribution in [0.5, 0.6) is 0 Å². The number of amides is 3. The predicted molar refractivity (Wildman–Crippen MR) is 71.8 cm³/mol. The maximum absolute atomic E-state index is 13.9. The van der Waals surface area contributed by atoms with E-state index in [1.54, 1.807) is 13.8 Å². The minimum Gasteiger partial charge on any atom is -0.323 e. The van der Waals surface area contributed by atoms with Crippen molar-refractivity contribution >= 4 is 27.9 Å². The standard InChI is InChI=1S/C13H13BrF2N2O2/c1-3-13(2)11(19)18(12(20)17-13)6-7-9(15)5-4-8(14)10(7)16/h4-5H,3,6H2,1-2H3,(H,17,20). The molecule has 1 aliphatic rings. The average Bonchev–Trinajstić information content (AvgIpc) is 2.62. The van der Waals surface area contributed by atoms with Crippen LogP contribution in [0.2, 0.25) is 0 Å². The Bertz CT molecular complexity index is 594. The fourth-order valence-electron chi connectivity index (χ4n) is 2.00. The quantitative estimate of drug-likeness (QED) is 0.675. The lowest BCUT2D eigenvalue weighted by Crippen LogP contribution is -2.43. The molecule has 1 unspecified atom stereocenters. The number of benzene rings is 1. The zero-order valence-electron chi connectivity index (χ0n) is 11.0. The fourth-order valence-corrected chi connectivity index (χ4v) is 2.37. The largest absolute Gasteiger partial charge is 0.325 e. The molecule has 0 aliphatic carbocycles. The van der Waals surface area contributed by atoms with Gasteiger partial charge < -0.3 is 5.32 Å². The second kappa shape index (κ2) is 5.12. The van der Waals surface area contributed by atoms with Gasteiger partial charge >= 0.3 is 6.03 Å². The molecule has 1 atom stereocenters. The van der Waals surface area contributed by atoms with Gasteiger partial charge in [0.1, 0.15) is 17.2 Å². The minimum atomic E-state index is -1.02. The van der Waals surface area contributed by atoms with Gasteiger partial charge in [0.15, 0.2) is 0 Å². The van der Waals surface area contributed by atoms with Gasteiger partial charge in [0.2, 0.25) is 0 Å². The van der Waals surface area contributed by atoms with Crippen LogP contribution in [0.15, 0.2) is 16.6 Å². The third-order valence-corrected chi connectivity index (χ3v) is 4.12. The lowest BCUT2D eigenvalue weighted by atomic mass is 9.99. The highest BCUT2D eigenvalue weighted by Crippen LogP contribution is 2.27. The second-order valence-corrected chi connectivity index (χ2v) is 5.68. The van der Waals surface area contributed by atoms with Gasteiger partial charge in [-0.1, -0.05) is 6.92 Å². The predicted octanol–water partition coefficient (Wildman–Crippen LogP) is 2.95. The maximum Gasteiger partial charge on any atom is 0.325 e. The summed E-state index contributed by atoms with van der Waals surface area (Å²) in [7, 11) is 0. The van der Waals surface area contributed by atoms with Gasteiger partial charge in [-0.3, -0.25) is 9.69 Å². The van der Waals surface area contributed by atoms with Crippen molar-refractivity contribution in [2.45, 2.75) is 32.4 Å². The molecule has 1 aliphatic heterocycles. The highest BCUT2D eigenvalue weighted by Gasteiger charge is 2.46. The number of carbonyl (C=O) groups excluding carboxylic acids is 2. The molecule has 20 heavy (non-hydrogen) atoms. The van der Waals surface area contributed by atoms with E-state index in [1.807, 2.05) is 0 Å². The summed E-state index contributed by atoms with van der Waals surface area (Å²) in [6.07, 6.45) is 0.400. The zero-order chi connectivity index (χ0) is 15.1. The van der Waals surface area contributed by atoms with Gasteiger partial charge in [0.25, 0.3) is 5.91 Å². The van der Waals surface area contributed by atoms with Gasteiger partial charge in [-0.15, -0.1) is 0 Å². The van der Waals surface area contributed by atoms with E-state index >= 15 is 0 Å². The van der Waals surface area contributed by atoms with Crippen LogP contribution in [0.25, 0.3) is 0 Å². The van der Waals surface area contributed by atoms with E-state index in [0.29, 0.717) is 6.42 Å². The smallest absolute Gasteiger partial charge is 0.323 e. The van der Waals surface area contributed by atoms with Crippen molar-refractivity contribution < 1.29 is 18.4 Å². The Labute approximate surface area is 123 Å². The minimum absolute atomic E-state index is 0.0826. The van der Waals surface area contributed by atoms with E-state index in [0.717, 1.165) is 11.0 Å². The van der Waals surface area contributed by atoms with Gasteiger partial charge in [-0.25, -0.2) is 13.6 Å². The number of hydrogen-bond acceptors (Lipinski definition) is 2. The summed E-state index contributed by atoms with van der Waals surface area (Å²) in [5.41, 5.74) is -1.33. The van der Waals surface area contributed by atoms with Crippen LogP contribution in [0, 0.1) is 11.6 Å². The van der Waals surface area contributed by atoms with Gasteiger partial charge in [0, 0.05) is 5.56 Å². The number of halogens is 3. The van der Waals surface area contributed by atoms with E-state index in [1.165, 1.54) is 6.07 Å². The van der Waals surface area contributed by atoms with Crippen molar-refractivity contribution in [1.82, 2.24) is 10.2 Å². The molecule has 1 N–H and O–H groups in total. The zero-order valence-corrected chi connectivity index (χ0v) is 12.6. The van der Waals surface area contributed by atoms with Gasteiger partial charge in [-0.2, -0.15) is 0 Å². The molecule has 0 spiro atoms. The van der Waals surface area contributed by atoms with Crippen molar-refractivity contribution in [3.05, 3.63) is 33.8 Å². The first kappa shape index (κ1) is 14.9. The van der Waals surface area contributed by atoms with Crippen LogP contribution in [0.1, 0.15) is 25.8 Å². The molecule has 1 heterocycles.